The highest BCUT2D eigenvalue weighted by Gasteiger charge is 2.47. The summed E-state index contributed by atoms with van der Waals surface area (Å²) in [4.78, 5) is 0. The van der Waals surface area contributed by atoms with E-state index in [2.05, 4.69) is 13.5 Å². The monoisotopic (exact) mass is 224 g/mol. The van der Waals surface area contributed by atoms with Gasteiger partial charge in [-0.05, 0) is 50.9 Å². The summed E-state index contributed by atoms with van der Waals surface area (Å²) in [5.41, 5.74) is -0.716. The fourth-order valence-electron chi connectivity index (χ4n) is 3.96. The molecule has 2 heteroatoms. The molecule has 2 bridgehead atoms. The maximum absolute atomic E-state index is 10.4. The summed E-state index contributed by atoms with van der Waals surface area (Å²) in [6.45, 7) is 7.95. The van der Waals surface area contributed by atoms with Gasteiger partial charge in [0.1, 0.15) is 5.60 Å². The summed E-state index contributed by atoms with van der Waals surface area (Å²) in [6, 6.07) is 0. The first-order valence-corrected chi connectivity index (χ1v) is 6.46. The van der Waals surface area contributed by atoms with Crippen LogP contribution in [0.5, 0.6) is 0 Å². The summed E-state index contributed by atoms with van der Waals surface area (Å²) < 4.78 is 5.83. The molecule has 92 valence electrons. The topological polar surface area (TPSA) is 29.5 Å². The van der Waals surface area contributed by atoms with Crippen LogP contribution in [0.3, 0.4) is 0 Å². The van der Waals surface area contributed by atoms with Gasteiger partial charge in [0, 0.05) is 6.42 Å². The minimum absolute atomic E-state index is 0.149. The van der Waals surface area contributed by atoms with Crippen LogP contribution in [0.2, 0.25) is 0 Å². The zero-order valence-corrected chi connectivity index (χ0v) is 10.5. The molecule has 2 nitrogen and oxygen atoms in total. The molecule has 2 aliphatic carbocycles. The van der Waals surface area contributed by atoms with Crippen LogP contribution >= 0.6 is 0 Å². The molecule has 0 amide bonds. The van der Waals surface area contributed by atoms with Crippen molar-refractivity contribution >= 4 is 0 Å². The molecule has 0 spiro atoms. The van der Waals surface area contributed by atoms with Crippen LogP contribution in [-0.4, -0.2) is 16.3 Å². The molecule has 2 rings (SSSR count). The van der Waals surface area contributed by atoms with Gasteiger partial charge < -0.3 is 9.84 Å². The Hall–Kier alpha value is -0.500. The molecule has 2 aliphatic rings. The quantitative estimate of drug-likeness (QED) is 0.730. The minimum atomic E-state index is -0.568. The maximum Gasteiger partial charge on any atom is 0.111 e. The largest absolute Gasteiger partial charge is 0.495 e. The van der Waals surface area contributed by atoms with Crippen molar-refractivity contribution in [1.82, 2.24) is 0 Å². The molecule has 0 saturated heterocycles. The predicted molar refractivity (Wildman–Crippen MR) is 65.0 cm³/mol. The molecule has 4 unspecified atom stereocenters. The third-order valence-corrected chi connectivity index (χ3v) is 4.24. The van der Waals surface area contributed by atoms with Crippen LogP contribution in [0.4, 0.5) is 0 Å². The molecule has 0 aromatic heterocycles. The first kappa shape index (κ1) is 12.0. The predicted octanol–water partition coefficient (Wildman–Crippen LogP) is 3.26. The fourth-order valence-corrected chi connectivity index (χ4v) is 3.96. The first-order valence-electron chi connectivity index (χ1n) is 6.46. The minimum Gasteiger partial charge on any atom is -0.495 e. The normalized spacial score (nSPS) is 48.2. The zero-order chi connectivity index (χ0) is 11.8. The molecule has 16 heavy (non-hydrogen) atoms. The Morgan fingerprint density at radius 1 is 1.44 bits per heavy atom. The van der Waals surface area contributed by atoms with Crippen molar-refractivity contribution in [2.24, 2.45) is 11.8 Å². The lowest BCUT2D eigenvalue weighted by Gasteiger charge is -2.43. The summed E-state index contributed by atoms with van der Waals surface area (Å²) in [6.07, 6.45) is 7.82. The molecule has 0 heterocycles. The maximum atomic E-state index is 10.4. The van der Waals surface area contributed by atoms with Crippen molar-refractivity contribution in [3.05, 3.63) is 12.8 Å². The first-order chi connectivity index (χ1) is 7.45. The number of aliphatic hydroxyl groups is 1. The van der Waals surface area contributed by atoms with E-state index in [1.54, 1.807) is 6.26 Å². The van der Waals surface area contributed by atoms with E-state index in [0.717, 1.165) is 38.0 Å². The highest BCUT2D eigenvalue weighted by molar-refractivity contribution is 4.99. The molecular weight excluding hydrogens is 200 g/mol. The van der Waals surface area contributed by atoms with E-state index in [-0.39, 0.29) is 5.60 Å². The van der Waals surface area contributed by atoms with E-state index in [4.69, 9.17) is 4.74 Å². The van der Waals surface area contributed by atoms with Gasteiger partial charge in [-0.25, -0.2) is 0 Å². The third kappa shape index (κ3) is 2.42. The molecule has 0 radical (unpaired) electrons. The van der Waals surface area contributed by atoms with Gasteiger partial charge in [0.05, 0.1) is 11.9 Å². The van der Waals surface area contributed by atoms with Crippen molar-refractivity contribution in [2.45, 2.75) is 63.6 Å². The van der Waals surface area contributed by atoms with Crippen molar-refractivity contribution in [2.75, 3.05) is 0 Å². The lowest BCUT2D eigenvalue weighted by molar-refractivity contribution is -0.0848. The van der Waals surface area contributed by atoms with Gasteiger partial charge >= 0.3 is 0 Å². The molecular formula is C14H24O2. The van der Waals surface area contributed by atoms with E-state index in [0.29, 0.717) is 5.92 Å². The number of hydrogen-bond acceptors (Lipinski definition) is 2. The van der Waals surface area contributed by atoms with Crippen LogP contribution in [0.25, 0.3) is 0 Å². The second-order valence-electron chi connectivity index (χ2n) is 6.30. The van der Waals surface area contributed by atoms with E-state index >= 15 is 0 Å². The van der Waals surface area contributed by atoms with Gasteiger partial charge in [0.2, 0.25) is 0 Å². The molecule has 2 fully saturated rings. The van der Waals surface area contributed by atoms with Gasteiger partial charge in [-0.3, -0.25) is 0 Å². The van der Waals surface area contributed by atoms with Gasteiger partial charge in [0.15, 0.2) is 0 Å². The molecule has 1 N–H and O–H groups in total. The van der Waals surface area contributed by atoms with E-state index in [9.17, 15) is 5.11 Å². The summed E-state index contributed by atoms with van der Waals surface area (Å²) in [7, 11) is 0. The number of hydrogen-bond donors (Lipinski definition) is 1. The lowest BCUT2D eigenvalue weighted by Crippen LogP contribution is -2.43. The Morgan fingerprint density at radius 3 is 2.88 bits per heavy atom. The Morgan fingerprint density at radius 2 is 2.19 bits per heavy atom. The van der Waals surface area contributed by atoms with Crippen LogP contribution in [0.15, 0.2) is 12.8 Å². The van der Waals surface area contributed by atoms with Crippen molar-refractivity contribution in [1.29, 1.82) is 0 Å². The average molecular weight is 224 g/mol. The van der Waals surface area contributed by atoms with Gasteiger partial charge in [0.25, 0.3) is 0 Å². The second-order valence-corrected chi connectivity index (χ2v) is 6.30. The SMILES string of the molecule is C=COC12CC(C)CC(CCC(C)(O)C1)C2. The molecule has 4 atom stereocenters. The molecule has 0 aromatic rings. The van der Waals surface area contributed by atoms with E-state index in [1.165, 1.54) is 6.42 Å². The molecule has 0 aromatic carbocycles. The zero-order valence-electron chi connectivity index (χ0n) is 10.5. The third-order valence-electron chi connectivity index (χ3n) is 4.24. The van der Waals surface area contributed by atoms with Crippen LogP contribution in [0, 0.1) is 11.8 Å². The fraction of sp³-hybridized carbons (Fsp3) is 0.857. The van der Waals surface area contributed by atoms with E-state index < -0.39 is 5.60 Å². The van der Waals surface area contributed by atoms with Crippen LogP contribution in [0.1, 0.15) is 52.4 Å². The molecule has 2 saturated carbocycles. The number of ether oxygens (including phenoxy) is 1. The van der Waals surface area contributed by atoms with Crippen LogP contribution in [-0.2, 0) is 4.74 Å². The summed E-state index contributed by atoms with van der Waals surface area (Å²) in [5.74, 6) is 1.42. The van der Waals surface area contributed by atoms with Crippen molar-refractivity contribution in [3.8, 4) is 0 Å². The van der Waals surface area contributed by atoms with Gasteiger partial charge in [-0.2, -0.15) is 0 Å². The Kier molecular flexibility index (Phi) is 3.04. The van der Waals surface area contributed by atoms with E-state index in [1.807, 2.05) is 6.92 Å². The molecule has 0 aliphatic heterocycles. The standard InChI is InChI=1S/C14H24O2/c1-4-16-14-8-11(2)7-12(9-14)5-6-13(3,15)10-14/h4,11-12,15H,1,5-10H2,2-3H3. The Bertz CT molecular complexity index is 272. The average Bonchev–Trinajstić information content (AvgIpc) is 2.21. The van der Waals surface area contributed by atoms with Gasteiger partial charge in [-0.15, -0.1) is 0 Å². The Labute approximate surface area is 98.7 Å². The lowest BCUT2D eigenvalue weighted by atomic mass is 9.71. The number of fused-ring (bicyclic) bond motifs is 2. The number of rotatable bonds is 2. The smallest absolute Gasteiger partial charge is 0.111 e. The van der Waals surface area contributed by atoms with Crippen molar-refractivity contribution < 1.29 is 9.84 Å². The van der Waals surface area contributed by atoms with Gasteiger partial charge in [-0.1, -0.05) is 13.5 Å². The summed E-state index contributed by atoms with van der Waals surface area (Å²) in [5, 5.41) is 10.4. The highest BCUT2D eigenvalue weighted by Crippen LogP contribution is 2.48. The Balaban J connectivity index is 2.24. The van der Waals surface area contributed by atoms with Crippen molar-refractivity contribution in [3.63, 3.8) is 0 Å². The highest BCUT2D eigenvalue weighted by atomic mass is 16.5. The summed E-state index contributed by atoms with van der Waals surface area (Å²) >= 11 is 0. The van der Waals surface area contributed by atoms with Crippen LogP contribution < -0.4 is 0 Å². The second kappa shape index (κ2) is 4.06.